The van der Waals surface area contributed by atoms with Crippen molar-refractivity contribution in [2.24, 2.45) is 5.73 Å². The number of ether oxygens (including phenoxy) is 1. The molecule has 0 atom stereocenters. The van der Waals surface area contributed by atoms with E-state index < -0.39 is 0 Å². The van der Waals surface area contributed by atoms with Gasteiger partial charge in [0.25, 0.3) is 11.8 Å². The molecule has 0 fully saturated rings. The number of amidine groups is 1. The van der Waals surface area contributed by atoms with Gasteiger partial charge in [-0.3, -0.25) is 15.0 Å². The Hall–Kier alpha value is -3.35. The highest BCUT2D eigenvalue weighted by atomic mass is 16.5. The molecular formula is C20H24N4O3. The van der Waals surface area contributed by atoms with Crippen molar-refractivity contribution in [2.45, 2.75) is 6.92 Å². The van der Waals surface area contributed by atoms with E-state index in [9.17, 15) is 9.59 Å². The third kappa shape index (κ3) is 5.57. The smallest absolute Gasteiger partial charge is 0.253 e. The molecule has 0 unspecified atom stereocenters. The summed E-state index contributed by atoms with van der Waals surface area (Å²) < 4.78 is 5.56. The number of rotatable bonds is 8. The Bertz CT molecular complexity index is 818. The molecule has 0 radical (unpaired) electrons. The van der Waals surface area contributed by atoms with Crippen molar-refractivity contribution in [3.8, 4) is 5.75 Å². The van der Waals surface area contributed by atoms with E-state index in [1.807, 2.05) is 6.92 Å². The lowest BCUT2D eigenvalue weighted by atomic mass is 10.1. The molecule has 2 amide bonds. The first-order valence-electron chi connectivity index (χ1n) is 8.63. The second-order valence-corrected chi connectivity index (χ2v) is 5.94. The first-order valence-corrected chi connectivity index (χ1v) is 8.63. The lowest BCUT2D eigenvalue weighted by Gasteiger charge is -2.14. The van der Waals surface area contributed by atoms with E-state index in [0.29, 0.717) is 35.5 Å². The van der Waals surface area contributed by atoms with E-state index in [4.69, 9.17) is 15.9 Å². The van der Waals surface area contributed by atoms with Crippen LogP contribution < -0.4 is 15.8 Å². The molecular weight excluding hydrogens is 344 g/mol. The van der Waals surface area contributed by atoms with Crippen LogP contribution in [-0.2, 0) is 0 Å². The van der Waals surface area contributed by atoms with Gasteiger partial charge in [-0.1, -0.05) is 12.1 Å². The zero-order valence-corrected chi connectivity index (χ0v) is 15.5. The molecule has 0 saturated carbocycles. The minimum Gasteiger partial charge on any atom is -0.492 e. The van der Waals surface area contributed by atoms with E-state index in [-0.39, 0.29) is 24.3 Å². The van der Waals surface area contributed by atoms with Crippen LogP contribution >= 0.6 is 0 Å². The van der Waals surface area contributed by atoms with Gasteiger partial charge in [0.1, 0.15) is 18.2 Å². The fourth-order valence-corrected chi connectivity index (χ4v) is 2.32. The van der Waals surface area contributed by atoms with Crippen molar-refractivity contribution in [3.05, 3.63) is 65.2 Å². The van der Waals surface area contributed by atoms with Gasteiger partial charge < -0.3 is 20.7 Å². The lowest BCUT2D eigenvalue weighted by molar-refractivity contribution is 0.0801. The highest BCUT2D eigenvalue weighted by molar-refractivity contribution is 5.97. The molecule has 7 heteroatoms. The molecule has 0 saturated heterocycles. The van der Waals surface area contributed by atoms with Crippen LogP contribution in [0.2, 0.25) is 0 Å². The minimum atomic E-state index is -0.237. The predicted octanol–water partition coefficient (Wildman–Crippen LogP) is 1.87. The van der Waals surface area contributed by atoms with E-state index in [1.165, 1.54) is 0 Å². The van der Waals surface area contributed by atoms with Crippen molar-refractivity contribution in [2.75, 3.05) is 26.7 Å². The quantitative estimate of drug-likeness (QED) is 0.375. The Kier molecular flexibility index (Phi) is 6.93. The van der Waals surface area contributed by atoms with Crippen molar-refractivity contribution in [3.63, 3.8) is 0 Å². The van der Waals surface area contributed by atoms with Crippen molar-refractivity contribution in [1.82, 2.24) is 10.2 Å². The third-order valence-corrected chi connectivity index (χ3v) is 4.02. The van der Waals surface area contributed by atoms with Gasteiger partial charge in [0.05, 0.1) is 6.54 Å². The van der Waals surface area contributed by atoms with Gasteiger partial charge in [0.2, 0.25) is 0 Å². The number of nitrogens with one attached hydrogen (secondary N) is 2. The van der Waals surface area contributed by atoms with Crippen LogP contribution in [0.25, 0.3) is 0 Å². The van der Waals surface area contributed by atoms with Gasteiger partial charge in [0, 0.05) is 30.3 Å². The van der Waals surface area contributed by atoms with Gasteiger partial charge in [-0.25, -0.2) is 0 Å². The fraction of sp³-hybridized carbons (Fsp3) is 0.250. The molecule has 4 N–H and O–H groups in total. The Balaban J connectivity index is 1.83. The standard InChI is InChI=1S/C20H24N4O3/c1-3-24(2)20(26)15-9-7-14(8-10-15)19(25)23-11-12-27-17-6-4-5-16(13-17)18(21)22/h4-10,13H,3,11-12H2,1-2H3,(H3,21,22)(H,23,25). The Morgan fingerprint density at radius 2 is 1.78 bits per heavy atom. The van der Waals surface area contributed by atoms with Gasteiger partial charge in [-0.2, -0.15) is 0 Å². The first kappa shape index (κ1) is 20.0. The molecule has 27 heavy (non-hydrogen) atoms. The molecule has 0 heterocycles. The molecule has 0 aliphatic carbocycles. The maximum absolute atomic E-state index is 12.2. The number of benzene rings is 2. The summed E-state index contributed by atoms with van der Waals surface area (Å²) in [6.45, 7) is 3.13. The van der Waals surface area contributed by atoms with Crippen LogP contribution in [-0.4, -0.2) is 49.3 Å². The highest BCUT2D eigenvalue weighted by Gasteiger charge is 2.11. The van der Waals surface area contributed by atoms with Crippen LogP contribution in [0.15, 0.2) is 48.5 Å². The summed E-state index contributed by atoms with van der Waals surface area (Å²) in [5.41, 5.74) is 7.05. The maximum Gasteiger partial charge on any atom is 0.253 e. The predicted molar refractivity (Wildman–Crippen MR) is 104 cm³/mol. The number of nitrogens with zero attached hydrogens (tertiary/aromatic N) is 1. The Labute approximate surface area is 158 Å². The van der Waals surface area contributed by atoms with Gasteiger partial charge >= 0.3 is 0 Å². The molecule has 0 aliphatic heterocycles. The molecule has 7 nitrogen and oxygen atoms in total. The number of amides is 2. The van der Waals surface area contributed by atoms with E-state index in [0.717, 1.165) is 0 Å². The summed E-state index contributed by atoms with van der Waals surface area (Å²) in [6.07, 6.45) is 0. The van der Waals surface area contributed by atoms with E-state index >= 15 is 0 Å². The molecule has 2 aromatic rings. The summed E-state index contributed by atoms with van der Waals surface area (Å²) in [5.74, 6) is 0.241. The van der Waals surface area contributed by atoms with Crippen molar-refractivity contribution >= 4 is 17.6 Å². The molecule has 0 spiro atoms. The number of hydrogen-bond acceptors (Lipinski definition) is 4. The zero-order valence-electron chi connectivity index (χ0n) is 15.5. The maximum atomic E-state index is 12.2. The Morgan fingerprint density at radius 1 is 1.11 bits per heavy atom. The summed E-state index contributed by atoms with van der Waals surface area (Å²) in [5, 5.41) is 10.2. The van der Waals surface area contributed by atoms with Crippen LogP contribution in [0.1, 0.15) is 33.2 Å². The third-order valence-electron chi connectivity index (χ3n) is 4.02. The van der Waals surface area contributed by atoms with Crippen LogP contribution in [0, 0.1) is 5.41 Å². The molecule has 2 rings (SSSR count). The second-order valence-electron chi connectivity index (χ2n) is 5.94. The molecule has 2 aromatic carbocycles. The lowest BCUT2D eigenvalue weighted by Crippen LogP contribution is -2.28. The number of nitrogens with two attached hydrogens (primary N) is 1. The van der Waals surface area contributed by atoms with E-state index in [2.05, 4.69) is 5.32 Å². The van der Waals surface area contributed by atoms with Crippen LogP contribution in [0.3, 0.4) is 0 Å². The average molecular weight is 368 g/mol. The normalized spacial score (nSPS) is 10.1. The van der Waals surface area contributed by atoms with Crippen molar-refractivity contribution in [1.29, 1.82) is 5.41 Å². The monoisotopic (exact) mass is 368 g/mol. The summed E-state index contributed by atoms with van der Waals surface area (Å²) in [7, 11) is 1.73. The second kappa shape index (κ2) is 9.38. The summed E-state index contributed by atoms with van der Waals surface area (Å²) >= 11 is 0. The highest BCUT2D eigenvalue weighted by Crippen LogP contribution is 2.12. The molecule has 0 aliphatic rings. The van der Waals surface area contributed by atoms with Gasteiger partial charge in [0.15, 0.2) is 0 Å². The minimum absolute atomic E-state index is 0.0270. The Morgan fingerprint density at radius 3 is 2.41 bits per heavy atom. The van der Waals surface area contributed by atoms with Gasteiger partial charge in [-0.15, -0.1) is 0 Å². The number of carbonyl (C=O) groups is 2. The van der Waals surface area contributed by atoms with Crippen molar-refractivity contribution < 1.29 is 14.3 Å². The largest absolute Gasteiger partial charge is 0.492 e. The topological polar surface area (TPSA) is 109 Å². The SMILES string of the molecule is CCN(C)C(=O)c1ccc(C(=O)NCCOc2cccc(C(=N)N)c2)cc1. The number of nitrogen functional groups attached to an aromatic ring is 1. The molecule has 142 valence electrons. The number of hydrogen-bond donors (Lipinski definition) is 3. The zero-order chi connectivity index (χ0) is 19.8. The first-order chi connectivity index (χ1) is 12.9. The summed E-state index contributed by atoms with van der Waals surface area (Å²) in [6, 6.07) is 13.5. The average Bonchev–Trinajstić information content (AvgIpc) is 2.70. The van der Waals surface area contributed by atoms with E-state index in [1.54, 1.807) is 60.5 Å². The fourth-order valence-electron chi connectivity index (χ4n) is 2.32. The molecule has 0 bridgehead atoms. The molecule has 0 aromatic heterocycles. The van der Waals surface area contributed by atoms with Crippen LogP contribution in [0.5, 0.6) is 5.75 Å². The van der Waals surface area contributed by atoms with Crippen LogP contribution in [0.4, 0.5) is 0 Å². The summed E-state index contributed by atoms with van der Waals surface area (Å²) in [4.78, 5) is 25.8. The van der Waals surface area contributed by atoms with Gasteiger partial charge in [-0.05, 0) is 43.3 Å². The number of carbonyl (C=O) groups excluding carboxylic acids is 2.